The summed E-state index contributed by atoms with van der Waals surface area (Å²) in [5, 5.41) is 4.81. The number of para-hydroxylation sites is 4. The third kappa shape index (κ3) is 6.68. The predicted molar refractivity (Wildman–Crippen MR) is 281 cm³/mol. The van der Waals surface area contributed by atoms with E-state index in [1.807, 2.05) is 12.1 Å². The van der Waals surface area contributed by atoms with Gasteiger partial charge >= 0.3 is 0 Å². The number of fused-ring (bicyclic) bond motifs is 6. The van der Waals surface area contributed by atoms with Crippen LogP contribution in [0.3, 0.4) is 0 Å². The summed E-state index contributed by atoms with van der Waals surface area (Å²) in [5.74, 6) is 1.79. The van der Waals surface area contributed by atoms with Crippen molar-refractivity contribution in [2.45, 2.75) is 0 Å². The highest BCUT2D eigenvalue weighted by Gasteiger charge is 2.22. The third-order valence-electron chi connectivity index (χ3n) is 13.2. The molecule has 68 heavy (non-hydrogen) atoms. The van der Waals surface area contributed by atoms with Crippen molar-refractivity contribution < 1.29 is 0 Å². The Hall–Kier alpha value is -9.19. The number of hydrogen-bond donors (Lipinski definition) is 0. The fourth-order valence-electron chi connectivity index (χ4n) is 10.0. The van der Waals surface area contributed by atoms with Gasteiger partial charge in [-0.05, 0) is 75.8 Å². The van der Waals surface area contributed by atoms with E-state index >= 15 is 0 Å². The van der Waals surface area contributed by atoms with Crippen molar-refractivity contribution in [3.05, 3.63) is 249 Å². The maximum absolute atomic E-state index is 5.42. The Morgan fingerprint density at radius 2 is 0.691 bits per heavy atom. The van der Waals surface area contributed by atoms with E-state index in [1.54, 1.807) is 0 Å². The molecule has 0 radical (unpaired) electrons. The number of hydrogen-bond acceptors (Lipinski definition) is 3. The first kappa shape index (κ1) is 39.2. The number of nitrogens with zero attached hydrogens (tertiary/aromatic N) is 5. The van der Waals surface area contributed by atoms with Crippen LogP contribution in [-0.2, 0) is 0 Å². The second-order valence-electron chi connectivity index (χ2n) is 17.2. The van der Waals surface area contributed by atoms with E-state index in [-0.39, 0.29) is 0 Å². The molecule has 5 heteroatoms. The van der Waals surface area contributed by atoms with Gasteiger partial charge in [-0.2, -0.15) is 0 Å². The molecular weight excluding hydrogens is 827 g/mol. The van der Waals surface area contributed by atoms with Gasteiger partial charge in [0.15, 0.2) is 17.5 Å². The molecule has 0 N–H and O–H groups in total. The molecule has 0 fully saturated rings. The van der Waals surface area contributed by atoms with Crippen molar-refractivity contribution in [1.29, 1.82) is 0 Å². The van der Waals surface area contributed by atoms with E-state index in [4.69, 9.17) is 15.0 Å². The lowest BCUT2D eigenvalue weighted by Gasteiger charge is -2.17. The van der Waals surface area contributed by atoms with E-state index in [2.05, 4.69) is 246 Å². The standard InChI is InChI=1S/C63H41N5/c1-4-18-42(19-5-1)44-34-36-46(37-35-44)61-64-62(48-25-16-24-47(40-48)43-20-6-2-7-21-43)66-63(65-61)55-41-49(38-39-50(55)45-22-8-3-9-23-45)67-56-30-13-12-28-53(56)54-29-17-33-59(60(54)67)68-57-31-14-10-26-51(57)52-27-11-15-32-58(52)68/h1-41H. The largest absolute Gasteiger partial charge is 0.307 e. The molecule has 3 heterocycles. The van der Waals surface area contributed by atoms with Crippen LogP contribution >= 0.6 is 0 Å². The second kappa shape index (κ2) is 16.4. The summed E-state index contributed by atoms with van der Waals surface area (Å²) in [6.07, 6.45) is 0. The molecule has 0 aliphatic rings. The Kier molecular flexibility index (Phi) is 9.43. The van der Waals surface area contributed by atoms with Crippen LogP contribution < -0.4 is 0 Å². The van der Waals surface area contributed by atoms with Crippen molar-refractivity contribution in [1.82, 2.24) is 24.1 Å². The average molecular weight is 868 g/mol. The highest BCUT2D eigenvalue weighted by molar-refractivity contribution is 6.15. The Balaban J connectivity index is 1.07. The Labute approximate surface area is 393 Å². The molecule has 13 rings (SSSR count). The monoisotopic (exact) mass is 867 g/mol. The summed E-state index contributed by atoms with van der Waals surface area (Å²) in [5.41, 5.74) is 16.0. The van der Waals surface area contributed by atoms with Gasteiger partial charge in [-0.15, -0.1) is 0 Å². The molecule has 318 valence electrons. The fourth-order valence-corrected chi connectivity index (χ4v) is 10.0. The molecule has 0 saturated heterocycles. The molecule has 5 nitrogen and oxygen atoms in total. The minimum absolute atomic E-state index is 0.589. The van der Waals surface area contributed by atoms with Crippen molar-refractivity contribution in [3.8, 4) is 78.9 Å². The maximum atomic E-state index is 5.42. The van der Waals surface area contributed by atoms with Gasteiger partial charge in [-0.25, -0.2) is 15.0 Å². The van der Waals surface area contributed by atoms with Gasteiger partial charge in [0, 0.05) is 43.9 Å². The minimum atomic E-state index is 0.589. The molecule has 0 unspecified atom stereocenters. The first-order valence-electron chi connectivity index (χ1n) is 23.0. The topological polar surface area (TPSA) is 48.5 Å². The molecule has 0 bridgehead atoms. The number of rotatable bonds is 8. The molecule has 13 aromatic rings. The summed E-state index contributed by atoms with van der Waals surface area (Å²) in [4.78, 5) is 16.1. The van der Waals surface area contributed by atoms with Crippen LogP contribution in [0.5, 0.6) is 0 Å². The SMILES string of the molecule is c1ccc(-c2ccc(-c3nc(-c4cccc(-c5ccccc5)c4)nc(-c4cc(-n5c6ccccc6c6cccc(-n7c8ccccc8c8ccccc87)c65)ccc4-c4ccccc4)n3)cc2)cc1. The zero-order valence-electron chi connectivity index (χ0n) is 36.9. The summed E-state index contributed by atoms with van der Waals surface area (Å²) in [6.45, 7) is 0. The highest BCUT2D eigenvalue weighted by Crippen LogP contribution is 2.42. The second-order valence-corrected chi connectivity index (χ2v) is 17.2. The van der Waals surface area contributed by atoms with E-state index in [0.29, 0.717) is 17.5 Å². The highest BCUT2D eigenvalue weighted by atomic mass is 15.1. The first-order chi connectivity index (χ1) is 33.7. The quantitative estimate of drug-likeness (QED) is 0.153. The van der Waals surface area contributed by atoms with Crippen LogP contribution in [0.4, 0.5) is 0 Å². The van der Waals surface area contributed by atoms with Crippen LogP contribution in [0.15, 0.2) is 249 Å². The Morgan fingerprint density at radius 1 is 0.250 bits per heavy atom. The molecule has 0 aliphatic heterocycles. The van der Waals surface area contributed by atoms with Crippen LogP contribution in [0.2, 0.25) is 0 Å². The van der Waals surface area contributed by atoms with E-state index in [9.17, 15) is 0 Å². The minimum Gasteiger partial charge on any atom is -0.307 e. The molecular formula is C63H41N5. The van der Waals surface area contributed by atoms with E-state index < -0.39 is 0 Å². The van der Waals surface area contributed by atoms with Gasteiger partial charge in [0.25, 0.3) is 0 Å². The zero-order chi connectivity index (χ0) is 45.0. The van der Waals surface area contributed by atoms with E-state index in [0.717, 1.165) is 83.5 Å². The maximum Gasteiger partial charge on any atom is 0.164 e. The van der Waals surface area contributed by atoms with Gasteiger partial charge in [0.05, 0.1) is 27.8 Å². The third-order valence-corrected chi connectivity index (χ3v) is 13.2. The van der Waals surface area contributed by atoms with Crippen LogP contribution in [0, 0.1) is 0 Å². The van der Waals surface area contributed by atoms with Crippen LogP contribution in [-0.4, -0.2) is 24.1 Å². The molecule has 10 aromatic carbocycles. The lowest BCUT2D eigenvalue weighted by molar-refractivity contribution is 1.07. The van der Waals surface area contributed by atoms with Crippen molar-refractivity contribution in [2.75, 3.05) is 0 Å². The molecule has 0 spiro atoms. The summed E-state index contributed by atoms with van der Waals surface area (Å²) < 4.78 is 4.86. The Morgan fingerprint density at radius 3 is 1.34 bits per heavy atom. The summed E-state index contributed by atoms with van der Waals surface area (Å²) in [6, 6.07) is 88.1. The molecule has 0 saturated carbocycles. The van der Waals surface area contributed by atoms with Gasteiger partial charge in [0.2, 0.25) is 0 Å². The summed E-state index contributed by atoms with van der Waals surface area (Å²) >= 11 is 0. The normalized spacial score (nSPS) is 11.5. The van der Waals surface area contributed by atoms with Crippen LogP contribution in [0.1, 0.15) is 0 Å². The molecule has 0 aliphatic carbocycles. The lowest BCUT2D eigenvalue weighted by atomic mass is 9.98. The zero-order valence-corrected chi connectivity index (χ0v) is 36.9. The molecule has 0 amide bonds. The fraction of sp³-hybridized carbons (Fsp3) is 0. The molecule has 0 atom stereocenters. The van der Waals surface area contributed by atoms with Crippen molar-refractivity contribution >= 4 is 43.6 Å². The van der Waals surface area contributed by atoms with Crippen molar-refractivity contribution in [2.24, 2.45) is 0 Å². The van der Waals surface area contributed by atoms with Gasteiger partial charge < -0.3 is 9.13 Å². The molecule has 3 aromatic heterocycles. The van der Waals surface area contributed by atoms with Gasteiger partial charge in [-0.1, -0.05) is 206 Å². The lowest BCUT2D eigenvalue weighted by Crippen LogP contribution is -2.03. The number of benzene rings is 10. The summed E-state index contributed by atoms with van der Waals surface area (Å²) in [7, 11) is 0. The van der Waals surface area contributed by atoms with Gasteiger partial charge in [0.1, 0.15) is 0 Å². The average Bonchev–Trinajstić information content (AvgIpc) is 3.95. The van der Waals surface area contributed by atoms with E-state index in [1.165, 1.54) is 21.5 Å². The number of aromatic nitrogens is 5. The first-order valence-corrected chi connectivity index (χ1v) is 23.0. The van der Waals surface area contributed by atoms with Crippen molar-refractivity contribution in [3.63, 3.8) is 0 Å². The van der Waals surface area contributed by atoms with Gasteiger partial charge in [-0.3, -0.25) is 0 Å². The van der Waals surface area contributed by atoms with Crippen LogP contribution in [0.25, 0.3) is 123 Å². The smallest absolute Gasteiger partial charge is 0.164 e. The Bertz CT molecular complexity index is 3950. The predicted octanol–water partition coefficient (Wildman–Crippen LogP) is 16.1.